The number of carbonyl (C=O) groups is 1. The minimum absolute atomic E-state index is 0.132. The first-order valence-electron chi connectivity index (χ1n) is 9.61. The number of nitrogens with zero attached hydrogens (tertiary/aromatic N) is 1. The molecule has 4 rings (SSSR count). The second-order valence-corrected chi connectivity index (χ2v) is 8.93. The molecule has 3 aromatic carbocycles. The molecule has 7 nitrogen and oxygen atoms in total. The third-order valence-electron chi connectivity index (χ3n) is 4.88. The molecule has 33 heavy (non-hydrogen) atoms. The lowest BCUT2D eigenvalue weighted by Crippen LogP contribution is -2.21. The minimum Gasteiger partial charge on any atom is -0.364 e. The van der Waals surface area contributed by atoms with Crippen molar-refractivity contribution in [3.05, 3.63) is 105 Å². The van der Waals surface area contributed by atoms with Gasteiger partial charge in [0, 0.05) is 21.4 Å². The lowest BCUT2D eigenvalue weighted by molar-refractivity contribution is -0.111. The quantitative estimate of drug-likeness (QED) is 0.309. The van der Waals surface area contributed by atoms with E-state index in [2.05, 4.69) is 15.1 Å². The van der Waals surface area contributed by atoms with Gasteiger partial charge in [-0.1, -0.05) is 48.0 Å². The van der Waals surface area contributed by atoms with Crippen LogP contribution in [-0.2, 0) is 14.9 Å². The number of hydrogen-bond acceptors (Lipinski definition) is 3. The van der Waals surface area contributed by atoms with Gasteiger partial charge in [-0.2, -0.15) is 8.42 Å². The molecule has 0 spiro atoms. The van der Waals surface area contributed by atoms with Crippen LogP contribution in [0.25, 0.3) is 27.4 Å². The first-order valence-corrected chi connectivity index (χ1v) is 11.4. The van der Waals surface area contributed by atoms with Crippen molar-refractivity contribution in [3.8, 4) is 0 Å². The molecule has 164 valence electrons. The lowest BCUT2D eigenvalue weighted by Gasteiger charge is -2.04. The Balaban J connectivity index is 1.88. The fourth-order valence-corrected chi connectivity index (χ4v) is 4.04. The van der Waals surface area contributed by atoms with Gasteiger partial charge in [0.25, 0.3) is 21.7 Å². The zero-order chi connectivity index (χ0) is 23.6. The van der Waals surface area contributed by atoms with Crippen molar-refractivity contribution in [2.24, 2.45) is 0 Å². The molecular weight excluding hydrogens is 462 g/mol. The highest BCUT2D eigenvalue weighted by atomic mass is 35.5. The average Bonchev–Trinajstić information content (AvgIpc) is 3.14. The molecule has 0 saturated heterocycles. The maximum absolute atomic E-state index is 12.9. The lowest BCUT2D eigenvalue weighted by atomic mass is 10.1. The van der Waals surface area contributed by atoms with Crippen LogP contribution in [0.5, 0.6) is 0 Å². The van der Waals surface area contributed by atoms with Gasteiger partial charge in [0.05, 0.1) is 16.8 Å². The Morgan fingerprint density at radius 1 is 1.03 bits per heavy atom. The highest BCUT2D eigenvalue weighted by Crippen LogP contribution is 2.16. The molecule has 4 aromatic rings. The van der Waals surface area contributed by atoms with E-state index in [1.54, 1.807) is 48.5 Å². The van der Waals surface area contributed by atoms with Crippen LogP contribution in [0.15, 0.2) is 77.7 Å². The number of rotatable bonds is 4. The van der Waals surface area contributed by atoms with Gasteiger partial charge in [0.1, 0.15) is 0 Å². The van der Waals surface area contributed by atoms with E-state index in [1.807, 2.05) is 12.1 Å². The normalized spacial score (nSPS) is 12.9. The third kappa shape index (κ3) is 4.81. The fraction of sp³-hybridized carbons (Fsp3) is 0. The van der Waals surface area contributed by atoms with Gasteiger partial charge in [-0.3, -0.25) is 9.35 Å². The van der Waals surface area contributed by atoms with Crippen molar-refractivity contribution in [1.29, 1.82) is 0 Å². The molecule has 0 aliphatic heterocycles. The number of fused-ring (bicyclic) bond motifs is 1. The number of H-pyrrole nitrogens is 1. The summed E-state index contributed by atoms with van der Waals surface area (Å²) in [6.07, 6.45) is 1.68. The van der Waals surface area contributed by atoms with Gasteiger partial charge in [-0.15, -0.1) is 0 Å². The van der Waals surface area contributed by atoms with Crippen LogP contribution < -0.4 is 16.0 Å². The summed E-state index contributed by atoms with van der Waals surface area (Å²) in [7, 11) is -4.35. The van der Waals surface area contributed by atoms with Gasteiger partial charge in [0.2, 0.25) is 0 Å². The van der Waals surface area contributed by atoms with E-state index >= 15 is 0 Å². The molecule has 0 aliphatic rings. The van der Waals surface area contributed by atoms with Crippen molar-refractivity contribution in [3.63, 3.8) is 0 Å². The third-order valence-corrected chi connectivity index (χ3v) is 5.98. The van der Waals surface area contributed by atoms with Crippen molar-refractivity contribution >= 4 is 55.9 Å². The van der Waals surface area contributed by atoms with E-state index < -0.39 is 16.0 Å². The molecule has 0 aliphatic carbocycles. The summed E-state index contributed by atoms with van der Waals surface area (Å²) in [4.78, 5) is 19.2. The fourth-order valence-electron chi connectivity index (χ4n) is 3.38. The molecule has 1 amide bonds. The van der Waals surface area contributed by atoms with Crippen LogP contribution in [0.3, 0.4) is 0 Å². The predicted octanol–water partition coefficient (Wildman–Crippen LogP) is 3.56. The van der Waals surface area contributed by atoms with E-state index in [1.165, 1.54) is 18.2 Å². The van der Waals surface area contributed by atoms with Crippen LogP contribution in [0.1, 0.15) is 5.56 Å². The smallest absolute Gasteiger partial charge is 0.294 e. The number of amides is 1. The van der Waals surface area contributed by atoms with Gasteiger partial charge in [0.15, 0.2) is 0 Å². The molecule has 0 bridgehead atoms. The molecule has 0 radical (unpaired) electrons. The number of halogens is 1. The average molecular weight is 478 g/mol. The molecule has 0 fully saturated rings. The Morgan fingerprint density at radius 3 is 2.39 bits per heavy atom. The largest absolute Gasteiger partial charge is 0.364 e. The predicted molar refractivity (Wildman–Crippen MR) is 127 cm³/mol. The molecule has 1 heterocycles. The number of anilines is 1. The number of carbonyl (C=O) groups excluding carboxylic acids is 1. The second-order valence-electron chi connectivity index (χ2n) is 7.07. The van der Waals surface area contributed by atoms with Crippen molar-refractivity contribution in [2.45, 2.75) is 4.90 Å². The minimum atomic E-state index is -4.35. The highest BCUT2D eigenvalue weighted by Gasteiger charge is 2.15. The van der Waals surface area contributed by atoms with E-state index in [9.17, 15) is 17.8 Å². The first-order chi connectivity index (χ1) is 15.8. The number of hydrogen-bond donors (Lipinski definition) is 3. The van der Waals surface area contributed by atoms with Gasteiger partial charge >= 0.3 is 0 Å². The summed E-state index contributed by atoms with van der Waals surface area (Å²) in [6, 6.07) is 19.6. The Hall–Kier alpha value is -3.90. The van der Waals surface area contributed by atoms with Crippen molar-refractivity contribution < 1.29 is 17.8 Å². The van der Waals surface area contributed by atoms with Gasteiger partial charge in [-0.05, 0) is 53.4 Å². The number of benzene rings is 3. The standard InChI is InChI=1S/C24H16ClN3O4S/c1-26-23(24(29)27-17-11-9-16(25)10-12-17)22-20-8-3-2-7-19(20)21(28-22)14-15-5-4-6-18(13-15)33(30,31)32/h2-14,28H,(H,27,29)(H,30,31,32)/b21-14-,23-22+. The maximum Gasteiger partial charge on any atom is 0.294 e. The monoisotopic (exact) mass is 477 g/mol. The van der Waals surface area contributed by atoms with Gasteiger partial charge in [-0.25, -0.2) is 4.85 Å². The van der Waals surface area contributed by atoms with Crippen LogP contribution in [0.4, 0.5) is 5.69 Å². The summed E-state index contributed by atoms with van der Waals surface area (Å²) >= 11 is 5.88. The SMILES string of the molecule is [C-]#[N+]/C(C(=O)Nc1ccc(Cl)cc1)=c1/[nH]/c(=C\c2cccc(S(=O)(=O)O)c2)c2ccccc12. The van der Waals surface area contributed by atoms with Crippen LogP contribution >= 0.6 is 11.6 Å². The summed E-state index contributed by atoms with van der Waals surface area (Å²) in [5.74, 6) is -0.584. The zero-order valence-corrected chi connectivity index (χ0v) is 18.5. The Morgan fingerprint density at radius 2 is 1.73 bits per heavy atom. The van der Waals surface area contributed by atoms with E-state index in [4.69, 9.17) is 18.2 Å². The second kappa shape index (κ2) is 8.92. The highest BCUT2D eigenvalue weighted by molar-refractivity contribution is 7.85. The molecule has 1 aromatic heterocycles. The number of aromatic nitrogens is 1. The van der Waals surface area contributed by atoms with E-state index in [-0.39, 0.29) is 10.6 Å². The molecule has 3 N–H and O–H groups in total. The Labute approximate surface area is 194 Å². The molecule has 9 heteroatoms. The van der Waals surface area contributed by atoms with E-state index in [0.717, 1.165) is 5.39 Å². The zero-order valence-electron chi connectivity index (χ0n) is 16.9. The molecule has 0 unspecified atom stereocenters. The Bertz CT molecular complexity index is 1650. The molecular formula is C24H16ClN3O4S. The number of nitrogens with one attached hydrogen (secondary N) is 2. The summed E-state index contributed by atoms with van der Waals surface area (Å²) in [5.41, 5.74) is 0.876. The summed E-state index contributed by atoms with van der Waals surface area (Å²) in [6.45, 7) is 7.61. The Kier molecular flexibility index (Phi) is 6.03. The van der Waals surface area contributed by atoms with Crippen LogP contribution in [0.2, 0.25) is 5.02 Å². The van der Waals surface area contributed by atoms with Gasteiger partial charge < -0.3 is 10.3 Å². The first kappa shape index (κ1) is 22.3. The maximum atomic E-state index is 12.9. The number of aromatic amines is 1. The van der Waals surface area contributed by atoms with Crippen LogP contribution in [-0.4, -0.2) is 23.9 Å². The van der Waals surface area contributed by atoms with Crippen molar-refractivity contribution in [2.75, 3.05) is 5.32 Å². The summed E-state index contributed by atoms with van der Waals surface area (Å²) < 4.78 is 32.3. The molecule has 0 atom stereocenters. The van der Waals surface area contributed by atoms with Crippen molar-refractivity contribution in [1.82, 2.24) is 4.98 Å². The van der Waals surface area contributed by atoms with E-state index in [0.29, 0.717) is 32.4 Å². The van der Waals surface area contributed by atoms with Crippen LogP contribution in [0, 0.1) is 6.57 Å². The summed E-state index contributed by atoms with van der Waals surface area (Å²) in [5, 5.41) is 5.53. The topological polar surface area (TPSA) is 104 Å². The molecule has 0 saturated carbocycles.